The number of imidazole rings is 1. The van der Waals surface area contributed by atoms with Crippen LogP contribution in [-0.2, 0) is 0 Å². The Hall–Kier alpha value is -0.990. The second-order valence-corrected chi connectivity index (χ2v) is 4.16. The quantitative estimate of drug-likeness (QED) is 0.800. The van der Waals surface area contributed by atoms with Crippen molar-refractivity contribution in [2.24, 2.45) is 0 Å². The number of aryl methyl sites for hydroxylation is 1. The maximum absolute atomic E-state index is 4.47. The minimum Gasteiger partial charge on any atom is -0.353 e. The number of nitrogens with one attached hydrogen (secondary N) is 1. The third-order valence-corrected chi connectivity index (χ3v) is 2.40. The van der Waals surface area contributed by atoms with Crippen molar-refractivity contribution < 1.29 is 0 Å². The highest BCUT2D eigenvalue weighted by Gasteiger charge is 2.09. The monoisotopic (exact) mass is 195 g/mol. The molecule has 0 amide bonds. The molecule has 0 aromatic carbocycles. The van der Waals surface area contributed by atoms with Crippen LogP contribution in [0.25, 0.3) is 0 Å². The average Bonchev–Trinajstić information content (AvgIpc) is 2.46. The first kappa shape index (κ1) is 11.1. The summed E-state index contributed by atoms with van der Waals surface area (Å²) < 4.78 is 2.18. The topological polar surface area (TPSA) is 29.9 Å². The van der Waals surface area contributed by atoms with Gasteiger partial charge in [0.05, 0.1) is 5.69 Å². The molecule has 0 aliphatic carbocycles. The van der Waals surface area contributed by atoms with Crippen LogP contribution < -0.4 is 5.32 Å². The van der Waals surface area contributed by atoms with E-state index in [4.69, 9.17) is 0 Å². The molecule has 1 aromatic rings. The number of hydrogen-bond acceptors (Lipinski definition) is 2. The molecular formula is C11H21N3. The summed E-state index contributed by atoms with van der Waals surface area (Å²) in [4.78, 5) is 4.47. The van der Waals surface area contributed by atoms with Crippen LogP contribution in [0.4, 0.5) is 5.95 Å². The number of nitrogens with zero attached hydrogens (tertiary/aromatic N) is 2. The van der Waals surface area contributed by atoms with Crippen LogP contribution in [0.5, 0.6) is 0 Å². The number of hydrogen-bond donors (Lipinski definition) is 1. The van der Waals surface area contributed by atoms with Gasteiger partial charge in [-0.3, -0.25) is 0 Å². The summed E-state index contributed by atoms with van der Waals surface area (Å²) in [5.74, 6) is 0.992. The molecule has 0 bridgehead atoms. The molecule has 0 fully saturated rings. The lowest BCUT2D eigenvalue weighted by Gasteiger charge is -2.16. The molecule has 14 heavy (non-hydrogen) atoms. The summed E-state index contributed by atoms with van der Waals surface area (Å²) in [6.45, 7) is 10.7. The maximum atomic E-state index is 4.47. The van der Waals surface area contributed by atoms with Crippen molar-refractivity contribution in [1.82, 2.24) is 9.55 Å². The van der Waals surface area contributed by atoms with Crippen LogP contribution >= 0.6 is 0 Å². The highest BCUT2D eigenvalue weighted by molar-refractivity contribution is 5.30. The zero-order chi connectivity index (χ0) is 10.7. The van der Waals surface area contributed by atoms with E-state index < -0.39 is 0 Å². The molecule has 0 spiro atoms. The second kappa shape index (κ2) is 4.49. The van der Waals surface area contributed by atoms with Gasteiger partial charge in [0.15, 0.2) is 0 Å². The zero-order valence-corrected chi connectivity index (χ0v) is 9.83. The lowest BCUT2D eigenvalue weighted by atomic mass is 10.3. The fraction of sp³-hybridized carbons (Fsp3) is 0.727. The largest absolute Gasteiger partial charge is 0.353 e. The van der Waals surface area contributed by atoms with Crippen LogP contribution in [0, 0.1) is 6.92 Å². The van der Waals surface area contributed by atoms with Gasteiger partial charge in [0.2, 0.25) is 5.95 Å². The molecule has 0 aliphatic rings. The van der Waals surface area contributed by atoms with E-state index in [0.717, 1.165) is 18.1 Å². The van der Waals surface area contributed by atoms with Gasteiger partial charge < -0.3 is 9.88 Å². The third-order valence-electron chi connectivity index (χ3n) is 2.40. The summed E-state index contributed by atoms with van der Waals surface area (Å²) in [6, 6.07) is 0.942. The standard InChI is InChI=1S/C11H21N3/c1-6-9(4)12-11-13-10(5)7-14(11)8(2)3/h7-9H,6H2,1-5H3,(H,12,13). The Morgan fingerprint density at radius 2 is 2.07 bits per heavy atom. The molecule has 0 aliphatic heterocycles. The van der Waals surface area contributed by atoms with Crippen molar-refractivity contribution in [3.05, 3.63) is 11.9 Å². The van der Waals surface area contributed by atoms with E-state index in [1.807, 2.05) is 6.92 Å². The predicted molar refractivity (Wildman–Crippen MR) is 60.7 cm³/mol. The van der Waals surface area contributed by atoms with E-state index in [2.05, 4.69) is 48.8 Å². The SMILES string of the molecule is CCC(C)Nc1nc(C)cn1C(C)C. The van der Waals surface area contributed by atoms with Crippen molar-refractivity contribution in [3.8, 4) is 0 Å². The predicted octanol–water partition coefficient (Wildman–Crippen LogP) is 2.98. The Kier molecular flexibility index (Phi) is 3.55. The Bertz CT molecular complexity index is 289. The lowest BCUT2D eigenvalue weighted by molar-refractivity contribution is 0.597. The van der Waals surface area contributed by atoms with Crippen LogP contribution in [-0.4, -0.2) is 15.6 Å². The van der Waals surface area contributed by atoms with Gasteiger partial charge in [-0.2, -0.15) is 0 Å². The Balaban J connectivity index is 2.84. The van der Waals surface area contributed by atoms with E-state index in [-0.39, 0.29) is 0 Å². The lowest BCUT2D eigenvalue weighted by Crippen LogP contribution is -2.17. The summed E-state index contributed by atoms with van der Waals surface area (Å²) >= 11 is 0. The average molecular weight is 195 g/mol. The number of rotatable bonds is 4. The van der Waals surface area contributed by atoms with Gasteiger partial charge in [0.25, 0.3) is 0 Å². The minimum absolute atomic E-state index is 0.461. The first-order valence-electron chi connectivity index (χ1n) is 5.36. The second-order valence-electron chi connectivity index (χ2n) is 4.16. The first-order chi connectivity index (χ1) is 6.54. The molecule has 1 unspecified atom stereocenters. The van der Waals surface area contributed by atoms with E-state index in [1.165, 1.54) is 0 Å². The fourth-order valence-electron chi connectivity index (χ4n) is 1.34. The van der Waals surface area contributed by atoms with Crippen molar-refractivity contribution in [1.29, 1.82) is 0 Å². The van der Waals surface area contributed by atoms with Gasteiger partial charge in [-0.05, 0) is 34.1 Å². The van der Waals surface area contributed by atoms with E-state index in [9.17, 15) is 0 Å². The van der Waals surface area contributed by atoms with Crippen LogP contribution in [0.15, 0.2) is 6.20 Å². The molecule has 3 nitrogen and oxygen atoms in total. The summed E-state index contributed by atoms with van der Waals surface area (Å²) in [5, 5.41) is 3.41. The highest BCUT2D eigenvalue weighted by Crippen LogP contribution is 2.16. The van der Waals surface area contributed by atoms with Gasteiger partial charge in [0.1, 0.15) is 0 Å². The molecule has 3 heteroatoms. The number of aromatic nitrogens is 2. The van der Waals surface area contributed by atoms with Gasteiger partial charge in [0, 0.05) is 18.3 Å². The summed E-state index contributed by atoms with van der Waals surface area (Å²) in [7, 11) is 0. The van der Waals surface area contributed by atoms with E-state index in [0.29, 0.717) is 12.1 Å². The van der Waals surface area contributed by atoms with E-state index >= 15 is 0 Å². The molecule has 0 radical (unpaired) electrons. The van der Waals surface area contributed by atoms with Crippen LogP contribution in [0.3, 0.4) is 0 Å². The molecule has 0 saturated heterocycles. The van der Waals surface area contributed by atoms with Gasteiger partial charge in [-0.1, -0.05) is 6.92 Å². The summed E-state index contributed by atoms with van der Waals surface area (Å²) in [6.07, 6.45) is 3.21. The minimum atomic E-state index is 0.461. The van der Waals surface area contributed by atoms with Crippen molar-refractivity contribution >= 4 is 5.95 Å². The first-order valence-corrected chi connectivity index (χ1v) is 5.36. The molecule has 1 atom stereocenters. The highest BCUT2D eigenvalue weighted by atomic mass is 15.2. The zero-order valence-electron chi connectivity index (χ0n) is 9.83. The normalized spacial score (nSPS) is 13.3. The van der Waals surface area contributed by atoms with Crippen molar-refractivity contribution in [2.75, 3.05) is 5.32 Å². The molecule has 0 saturated carbocycles. The molecule has 80 valence electrons. The molecule has 1 N–H and O–H groups in total. The van der Waals surface area contributed by atoms with Gasteiger partial charge in [-0.25, -0.2) is 4.98 Å². The van der Waals surface area contributed by atoms with Crippen molar-refractivity contribution in [2.45, 2.75) is 53.1 Å². The molecule has 1 aromatic heterocycles. The Morgan fingerprint density at radius 3 is 2.57 bits per heavy atom. The van der Waals surface area contributed by atoms with Gasteiger partial charge >= 0.3 is 0 Å². The maximum Gasteiger partial charge on any atom is 0.203 e. The third kappa shape index (κ3) is 2.50. The smallest absolute Gasteiger partial charge is 0.203 e. The Morgan fingerprint density at radius 1 is 1.43 bits per heavy atom. The van der Waals surface area contributed by atoms with Crippen LogP contribution in [0.1, 0.15) is 45.9 Å². The molecule has 1 heterocycles. The molecule has 1 rings (SSSR count). The van der Waals surface area contributed by atoms with Crippen molar-refractivity contribution in [3.63, 3.8) is 0 Å². The number of anilines is 1. The summed E-state index contributed by atoms with van der Waals surface area (Å²) in [5.41, 5.74) is 1.07. The van der Waals surface area contributed by atoms with E-state index in [1.54, 1.807) is 0 Å². The molecular weight excluding hydrogens is 174 g/mol. The fourth-order valence-corrected chi connectivity index (χ4v) is 1.34. The van der Waals surface area contributed by atoms with Crippen LogP contribution in [0.2, 0.25) is 0 Å². The van der Waals surface area contributed by atoms with Gasteiger partial charge in [-0.15, -0.1) is 0 Å². The Labute approximate surface area is 86.5 Å².